The van der Waals surface area contributed by atoms with Crippen LogP contribution in [0, 0.1) is 0 Å². The van der Waals surface area contributed by atoms with Crippen LogP contribution in [0.25, 0.3) is 0 Å². The van der Waals surface area contributed by atoms with Crippen LogP contribution in [0.4, 0.5) is 0 Å². The summed E-state index contributed by atoms with van der Waals surface area (Å²) >= 11 is 0. The van der Waals surface area contributed by atoms with Crippen LogP contribution < -0.4 is 0 Å². The molecule has 0 heterocycles. The summed E-state index contributed by atoms with van der Waals surface area (Å²) in [5.74, 6) is 0.594. The standard InChI is InChI=1S/C16H20/c1-5-7-14(6-2)12-15-8-10-16(11-9-15)13(3)4/h5-11,13H,1-2,12H2,3-4H3/b14-7+. The summed E-state index contributed by atoms with van der Waals surface area (Å²) in [7, 11) is 0. The Hall–Kier alpha value is -1.56. The number of hydrogen-bond donors (Lipinski definition) is 0. The molecule has 0 aromatic heterocycles. The first kappa shape index (κ1) is 12.5. The quantitative estimate of drug-likeness (QED) is 0.623. The second-order valence-corrected chi connectivity index (χ2v) is 4.25. The minimum absolute atomic E-state index is 0.594. The molecule has 0 heteroatoms. The van der Waals surface area contributed by atoms with E-state index in [2.05, 4.69) is 51.3 Å². The van der Waals surface area contributed by atoms with Crippen molar-refractivity contribution in [3.63, 3.8) is 0 Å². The second-order valence-electron chi connectivity index (χ2n) is 4.25. The first-order valence-corrected chi connectivity index (χ1v) is 5.70. The first-order valence-electron chi connectivity index (χ1n) is 5.70. The molecule has 1 aromatic rings. The van der Waals surface area contributed by atoms with Crippen molar-refractivity contribution in [1.29, 1.82) is 0 Å². The normalized spacial score (nSPS) is 11.6. The lowest BCUT2D eigenvalue weighted by Gasteiger charge is -2.07. The summed E-state index contributed by atoms with van der Waals surface area (Å²) in [4.78, 5) is 0. The molecule has 0 unspecified atom stereocenters. The van der Waals surface area contributed by atoms with Gasteiger partial charge in [0, 0.05) is 0 Å². The zero-order chi connectivity index (χ0) is 12.0. The fourth-order valence-electron chi connectivity index (χ4n) is 1.61. The third-order valence-corrected chi connectivity index (χ3v) is 2.65. The Morgan fingerprint density at radius 2 is 1.81 bits per heavy atom. The summed E-state index contributed by atoms with van der Waals surface area (Å²) in [6, 6.07) is 8.79. The SMILES string of the molecule is C=C/C=C(\C=C)Cc1ccc(C(C)C)cc1. The molecule has 0 bridgehead atoms. The molecule has 0 aliphatic heterocycles. The number of hydrogen-bond acceptors (Lipinski definition) is 0. The monoisotopic (exact) mass is 212 g/mol. The van der Waals surface area contributed by atoms with Crippen molar-refractivity contribution in [2.45, 2.75) is 26.2 Å². The molecule has 0 saturated carbocycles. The second kappa shape index (κ2) is 6.12. The highest BCUT2D eigenvalue weighted by Crippen LogP contribution is 2.16. The van der Waals surface area contributed by atoms with Gasteiger partial charge in [-0.15, -0.1) is 0 Å². The Balaban J connectivity index is 2.78. The molecule has 0 amide bonds. The highest BCUT2D eigenvalue weighted by atomic mass is 14.0. The van der Waals surface area contributed by atoms with Gasteiger partial charge in [-0.3, -0.25) is 0 Å². The van der Waals surface area contributed by atoms with Crippen molar-refractivity contribution in [2.75, 3.05) is 0 Å². The Labute approximate surface area is 99.0 Å². The third-order valence-electron chi connectivity index (χ3n) is 2.65. The molecule has 0 nitrogen and oxygen atoms in total. The smallest absolute Gasteiger partial charge is 0.00260 e. The molecule has 0 aliphatic rings. The van der Waals surface area contributed by atoms with Crippen molar-refractivity contribution in [2.24, 2.45) is 0 Å². The van der Waals surface area contributed by atoms with E-state index < -0.39 is 0 Å². The lowest BCUT2D eigenvalue weighted by molar-refractivity contribution is 0.865. The Kier molecular flexibility index (Phi) is 4.78. The largest absolute Gasteiger partial charge is 0.0991 e. The molecular weight excluding hydrogens is 192 g/mol. The highest BCUT2D eigenvalue weighted by molar-refractivity contribution is 5.32. The van der Waals surface area contributed by atoms with Gasteiger partial charge < -0.3 is 0 Å². The summed E-state index contributed by atoms with van der Waals surface area (Å²) in [5.41, 5.74) is 3.90. The van der Waals surface area contributed by atoms with E-state index >= 15 is 0 Å². The maximum atomic E-state index is 3.81. The van der Waals surface area contributed by atoms with E-state index in [0.717, 1.165) is 6.42 Å². The molecule has 0 spiro atoms. The summed E-state index contributed by atoms with van der Waals surface area (Å²) in [5, 5.41) is 0. The van der Waals surface area contributed by atoms with Gasteiger partial charge in [0.15, 0.2) is 0 Å². The van der Waals surface area contributed by atoms with E-state index in [1.165, 1.54) is 16.7 Å². The zero-order valence-corrected chi connectivity index (χ0v) is 10.2. The van der Waals surface area contributed by atoms with Gasteiger partial charge in [0.25, 0.3) is 0 Å². The van der Waals surface area contributed by atoms with Crippen LogP contribution in [-0.4, -0.2) is 0 Å². The van der Waals surface area contributed by atoms with Gasteiger partial charge in [-0.25, -0.2) is 0 Å². The maximum Gasteiger partial charge on any atom is -0.00260 e. The van der Waals surface area contributed by atoms with E-state index in [1.807, 2.05) is 12.2 Å². The molecule has 0 radical (unpaired) electrons. The Morgan fingerprint density at radius 3 is 2.25 bits per heavy atom. The molecule has 0 aliphatic carbocycles. The molecule has 0 fully saturated rings. The van der Waals surface area contributed by atoms with E-state index in [9.17, 15) is 0 Å². The van der Waals surface area contributed by atoms with Gasteiger partial charge in [-0.1, -0.05) is 69.5 Å². The maximum absolute atomic E-state index is 3.81. The van der Waals surface area contributed by atoms with E-state index in [-0.39, 0.29) is 0 Å². The number of rotatable bonds is 5. The van der Waals surface area contributed by atoms with Crippen molar-refractivity contribution in [1.82, 2.24) is 0 Å². The van der Waals surface area contributed by atoms with Crippen molar-refractivity contribution in [3.05, 3.63) is 72.4 Å². The van der Waals surface area contributed by atoms with Gasteiger partial charge in [-0.2, -0.15) is 0 Å². The highest BCUT2D eigenvalue weighted by Gasteiger charge is 1.99. The fraction of sp³-hybridized carbons (Fsp3) is 0.250. The molecule has 0 atom stereocenters. The van der Waals surface area contributed by atoms with E-state index in [4.69, 9.17) is 0 Å². The first-order chi connectivity index (χ1) is 7.67. The minimum atomic E-state index is 0.594. The van der Waals surface area contributed by atoms with Crippen molar-refractivity contribution < 1.29 is 0 Å². The van der Waals surface area contributed by atoms with Crippen LogP contribution in [0.15, 0.2) is 61.2 Å². The molecule has 0 saturated heterocycles. The average Bonchev–Trinajstić information content (AvgIpc) is 2.29. The molecule has 16 heavy (non-hydrogen) atoms. The van der Waals surface area contributed by atoms with Gasteiger partial charge in [0.1, 0.15) is 0 Å². The molecular formula is C16H20. The van der Waals surface area contributed by atoms with Crippen LogP contribution in [0.2, 0.25) is 0 Å². The number of benzene rings is 1. The van der Waals surface area contributed by atoms with Crippen LogP contribution in [0.3, 0.4) is 0 Å². The summed E-state index contributed by atoms with van der Waals surface area (Å²) in [6.07, 6.45) is 6.62. The average molecular weight is 212 g/mol. The van der Waals surface area contributed by atoms with Crippen molar-refractivity contribution in [3.8, 4) is 0 Å². The molecule has 1 rings (SSSR count). The summed E-state index contributed by atoms with van der Waals surface area (Å²) < 4.78 is 0. The van der Waals surface area contributed by atoms with Gasteiger partial charge in [0.2, 0.25) is 0 Å². The number of allylic oxidation sites excluding steroid dienone is 4. The Bertz CT molecular complexity index is 377. The Morgan fingerprint density at radius 1 is 1.19 bits per heavy atom. The van der Waals surface area contributed by atoms with Crippen LogP contribution in [0.1, 0.15) is 30.9 Å². The molecule has 0 N–H and O–H groups in total. The van der Waals surface area contributed by atoms with Crippen LogP contribution in [-0.2, 0) is 6.42 Å². The summed E-state index contributed by atoms with van der Waals surface area (Å²) in [6.45, 7) is 11.9. The topological polar surface area (TPSA) is 0 Å². The molecule has 84 valence electrons. The predicted octanol–water partition coefficient (Wildman–Crippen LogP) is 4.65. The van der Waals surface area contributed by atoms with Gasteiger partial charge >= 0.3 is 0 Å². The zero-order valence-electron chi connectivity index (χ0n) is 10.2. The van der Waals surface area contributed by atoms with Crippen LogP contribution in [0.5, 0.6) is 0 Å². The van der Waals surface area contributed by atoms with Crippen LogP contribution >= 0.6 is 0 Å². The van der Waals surface area contributed by atoms with Crippen molar-refractivity contribution >= 4 is 0 Å². The van der Waals surface area contributed by atoms with E-state index in [0.29, 0.717) is 5.92 Å². The van der Waals surface area contributed by atoms with E-state index in [1.54, 1.807) is 6.08 Å². The predicted molar refractivity (Wildman–Crippen MR) is 72.7 cm³/mol. The third kappa shape index (κ3) is 3.54. The molecule has 1 aromatic carbocycles. The fourth-order valence-corrected chi connectivity index (χ4v) is 1.61. The minimum Gasteiger partial charge on any atom is -0.0991 e. The lowest BCUT2D eigenvalue weighted by Crippen LogP contribution is -1.90. The lowest BCUT2D eigenvalue weighted by atomic mass is 9.99. The van der Waals surface area contributed by atoms with Gasteiger partial charge in [0.05, 0.1) is 0 Å². The van der Waals surface area contributed by atoms with Gasteiger partial charge in [-0.05, 0) is 29.0 Å².